The maximum atomic E-state index is 12.7. The molecular weight excluding hydrogens is 388 g/mol. The first kappa shape index (κ1) is 21.0. The van der Waals surface area contributed by atoms with Gasteiger partial charge in [-0.2, -0.15) is 0 Å². The van der Waals surface area contributed by atoms with Crippen molar-refractivity contribution in [2.75, 3.05) is 13.7 Å². The second kappa shape index (κ2) is 8.83. The Morgan fingerprint density at radius 2 is 1.63 bits per heavy atom. The third kappa shape index (κ3) is 3.87. The van der Waals surface area contributed by atoms with Crippen LogP contribution in [0.15, 0.2) is 60.7 Å². The van der Waals surface area contributed by atoms with E-state index in [1.807, 2.05) is 50.2 Å². The molecule has 2 aliphatic heterocycles. The lowest BCUT2D eigenvalue weighted by Crippen LogP contribution is -2.57. The molecule has 4 rings (SSSR count). The molecule has 0 radical (unpaired) electrons. The first-order valence-corrected chi connectivity index (χ1v) is 10.1. The summed E-state index contributed by atoms with van der Waals surface area (Å²) < 4.78 is 35.8. The first-order valence-electron chi connectivity index (χ1n) is 10.1. The molecule has 0 bridgehead atoms. The smallest absolute Gasteiger partial charge is 0.338 e. The average Bonchev–Trinajstić information content (AvgIpc) is 3.18. The fraction of sp³-hybridized carbons (Fsp3) is 0.435. The molecule has 2 fully saturated rings. The zero-order chi connectivity index (χ0) is 21.1. The van der Waals surface area contributed by atoms with Gasteiger partial charge in [-0.25, -0.2) is 4.79 Å². The molecule has 2 saturated heterocycles. The summed E-state index contributed by atoms with van der Waals surface area (Å²) in [4.78, 5) is 12.7. The highest BCUT2D eigenvalue weighted by Crippen LogP contribution is 2.45. The van der Waals surface area contributed by atoms with Gasteiger partial charge >= 0.3 is 11.9 Å². The molecule has 2 aromatic rings. The summed E-state index contributed by atoms with van der Waals surface area (Å²) in [5, 5.41) is 0. The minimum absolute atomic E-state index is 0.363. The van der Waals surface area contributed by atoms with Gasteiger partial charge in [0.25, 0.3) is 0 Å². The van der Waals surface area contributed by atoms with E-state index < -0.39 is 36.5 Å². The number of benzene rings is 2. The Balaban J connectivity index is 1.65. The minimum Gasteiger partial charge on any atom is -0.450 e. The summed E-state index contributed by atoms with van der Waals surface area (Å²) >= 11 is 0. The van der Waals surface area contributed by atoms with Crippen LogP contribution >= 0.6 is 0 Å². The van der Waals surface area contributed by atoms with Crippen LogP contribution in [0, 0.1) is 0 Å². The van der Waals surface area contributed by atoms with Crippen LogP contribution in [0.25, 0.3) is 0 Å². The second-order valence-corrected chi connectivity index (χ2v) is 7.20. The second-order valence-electron chi connectivity index (χ2n) is 7.20. The number of methoxy groups -OCH3 is 1. The van der Waals surface area contributed by atoms with Gasteiger partial charge in [-0.3, -0.25) is 0 Å². The van der Waals surface area contributed by atoms with Gasteiger partial charge in [-0.1, -0.05) is 48.5 Å². The van der Waals surface area contributed by atoms with E-state index in [1.54, 1.807) is 24.3 Å². The molecule has 2 heterocycles. The van der Waals surface area contributed by atoms with Crippen molar-refractivity contribution in [3.05, 3.63) is 71.8 Å². The topological polar surface area (TPSA) is 72.5 Å². The lowest BCUT2D eigenvalue weighted by Gasteiger charge is -2.39. The number of carbonyl (C=O) groups excluding carboxylic acids is 1. The maximum Gasteiger partial charge on any atom is 0.338 e. The van der Waals surface area contributed by atoms with Crippen LogP contribution in [0.3, 0.4) is 0 Å². The predicted molar refractivity (Wildman–Crippen MR) is 106 cm³/mol. The first-order chi connectivity index (χ1) is 14.6. The van der Waals surface area contributed by atoms with Gasteiger partial charge in [-0.15, -0.1) is 0 Å². The van der Waals surface area contributed by atoms with Crippen LogP contribution in [0.1, 0.15) is 29.8 Å². The van der Waals surface area contributed by atoms with Gasteiger partial charge in [0.1, 0.15) is 12.2 Å². The van der Waals surface area contributed by atoms with E-state index >= 15 is 0 Å². The molecular formula is C23H26O7. The minimum atomic E-state index is -1.41. The van der Waals surface area contributed by atoms with E-state index in [0.29, 0.717) is 12.2 Å². The van der Waals surface area contributed by atoms with E-state index in [0.717, 1.165) is 5.56 Å². The Kier molecular flexibility index (Phi) is 6.17. The molecule has 6 atom stereocenters. The summed E-state index contributed by atoms with van der Waals surface area (Å²) in [6.07, 6.45) is -3.16. The van der Waals surface area contributed by atoms with Crippen molar-refractivity contribution in [3.63, 3.8) is 0 Å². The highest BCUT2D eigenvalue weighted by Gasteiger charge is 2.60. The Hall–Kier alpha value is -2.29. The largest absolute Gasteiger partial charge is 0.450 e. The molecule has 0 spiro atoms. The van der Waals surface area contributed by atoms with Gasteiger partial charge in [0, 0.05) is 19.3 Å². The van der Waals surface area contributed by atoms with Crippen molar-refractivity contribution in [3.8, 4) is 0 Å². The molecule has 7 nitrogen and oxygen atoms in total. The van der Waals surface area contributed by atoms with Crippen molar-refractivity contribution in [2.24, 2.45) is 0 Å². The summed E-state index contributed by atoms with van der Waals surface area (Å²) in [7, 11) is 1.50. The summed E-state index contributed by atoms with van der Waals surface area (Å²) in [6.45, 7) is 4.10. The quantitative estimate of drug-likeness (QED) is 0.672. The van der Waals surface area contributed by atoms with Gasteiger partial charge in [0.2, 0.25) is 0 Å². The van der Waals surface area contributed by atoms with Gasteiger partial charge < -0.3 is 28.4 Å². The molecule has 0 N–H and O–H groups in total. The molecule has 7 heteroatoms. The normalized spacial score (nSPS) is 33.1. The standard InChI is InChI=1S/C23H26O7/c1-4-26-23(17-13-9-6-10-14-17)29-18-15(2)27-22(25-3)20(19(18)30-23)28-21(24)16-11-7-5-8-12-16/h5-15,18-20,22H,4H2,1-3H3/t15-,18+,19+,20-,22+,23?/m0/s1. The summed E-state index contributed by atoms with van der Waals surface area (Å²) in [5.74, 6) is -1.90. The van der Waals surface area contributed by atoms with Crippen molar-refractivity contribution in [1.29, 1.82) is 0 Å². The Morgan fingerprint density at radius 1 is 1.00 bits per heavy atom. The van der Waals surface area contributed by atoms with Crippen molar-refractivity contribution in [2.45, 2.75) is 50.5 Å². The van der Waals surface area contributed by atoms with E-state index in [9.17, 15) is 4.79 Å². The van der Waals surface area contributed by atoms with Gasteiger partial charge in [0.05, 0.1) is 11.7 Å². The van der Waals surface area contributed by atoms with Crippen LogP contribution < -0.4 is 0 Å². The fourth-order valence-electron chi connectivity index (χ4n) is 3.86. The highest BCUT2D eigenvalue weighted by molar-refractivity contribution is 5.89. The number of hydrogen-bond acceptors (Lipinski definition) is 7. The SMILES string of the molecule is CCOC1(c2ccccc2)O[C@H]2[C@H](OC(=O)c3ccccc3)[C@H](OC)O[C@@H](C)[C@H]2O1. The molecule has 1 unspecified atom stereocenters. The molecule has 0 saturated carbocycles. The van der Waals surface area contributed by atoms with E-state index in [2.05, 4.69) is 0 Å². The average molecular weight is 414 g/mol. The lowest BCUT2D eigenvalue weighted by atomic mass is 10.00. The zero-order valence-corrected chi connectivity index (χ0v) is 17.2. The maximum absolute atomic E-state index is 12.7. The molecule has 2 aromatic carbocycles. The molecule has 0 amide bonds. The third-order valence-corrected chi connectivity index (χ3v) is 5.26. The lowest BCUT2D eigenvalue weighted by molar-refractivity contribution is -0.355. The summed E-state index contributed by atoms with van der Waals surface area (Å²) in [5.41, 5.74) is 1.15. The van der Waals surface area contributed by atoms with Crippen LogP contribution in [0.5, 0.6) is 0 Å². The highest BCUT2D eigenvalue weighted by atomic mass is 16.9. The Bertz CT molecular complexity index is 843. The van der Waals surface area contributed by atoms with Crippen molar-refractivity contribution in [1.82, 2.24) is 0 Å². The number of esters is 1. The van der Waals surface area contributed by atoms with Crippen LogP contribution in [0.4, 0.5) is 0 Å². The monoisotopic (exact) mass is 414 g/mol. The number of rotatable bonds is 6. The van der Waals surface area contributed by atoms with E-state index in [1.165, 1.54) is 7.11 Å². The molecule has 30 heavy (non-hydrogen) atoms. The number of ether oxygens (including phenoxy) is 6. The molecule has 2 aliphatic rings. The zero-order valence-electron chi connectivity index (χ0n) is 17.2. The van der Waals surface area contributed by atoms with Gasteiger partial charge in [-0.05, 0) is 26.0 Å². The van der Waals surface area contributed by atoms with Crippen LogP contribution in [-0.4, -0.2) is 50.4 Å². The fourth-order valence-corrected chi connectivity index (χ4v) is 3.86. The third-order valence-electron chi connectivity index (χ3n) is 5.26. The van der Waals surface area contributed by atoms with E-state index in [-0.39, 0.29) is 6.10 Å². The number of fused-ring (bicyclic) bond motifs is 1. The molecule has 0 aliphatic carbocycles. The molecule has 160 valence electrons. The molecule has 0 aromatic heterocycles. The number of carbonyl (C=O) groups is 1. The van der Waals surface area contributed by atoms with E-state index in [4.69, 9.17) is 28.4 Å². The van der Waals surface area contributed by atoms with Crippen LogP contribution in [0.2, 0.25) is 0 Å². The van der Waals surface area contributed by atoms with Crippen molar-refractivity contribution >= 4 is 5.97 Å². The van der Waals surface area contributed by atoms with Gasteiger partial charge in [0.15, 0.2) is 12.4 Å². The summed E-state index contributed by atoms with van der Waals surface area (Å²) in [6, 6.07) is 18.2. The number of hydrogen-bond donors (Lipinski definition) is 0. The van der Waals surface area contributed by atoms with Crippen molar-refractivity contribution < 1.29 is 33.2 Å². The Labute approximate surface area is 175 Å². The Morgan fingerprint density at radius 3 is 2.27 bits per heavy atom. The van der Waals surface area contributed by atoms with Crippen LogP contribution in [-0.2, 0) is 34.4 Å². The predicted octanol–water partition coefficient (Wildman–Crippen LogP) is 3.23.